The van der Waals surface area contributed by atoms with Gasteiger partial charge in [0.2, 0.25) is 0 Å². The van der Waals surface area contributed by atoms with Crippen molar-refractivity contribution < 1.29 is 9.53 Å². The third-order valence-electron chi connectivity index (χ3n) is 11.0. The maximum absolute atomic E-state index is 12.0. The maximum atomic E-state index is 12.0. The Hall–Kier alpha value is -0.530. The van der Waals surface area contributed by atoms with Crippen LogP contribution in [-0.4, -0.2) is 12.6 Å². The summed E-state index contributed by atoms with van der Waals surface area (Å²) in [6, 6.07) is 0. The molecule has 0 aliphatic rings. The van der Waals surface area contributed by atoms with Crippen LogP contribution in [0.4, 0.5) is 0 Å². The van der Waals surface area contributed by atoms with Gasteiger partial charge in [-0.1, -0.05) is 271 Å². The highest BCUT2D eigenvalue weighted by atomic mass is 16.5. The summed E-state index contributed by atoms with van der Waals surface area (Å²) in [5.74, 6) is 0.0331. The largest absolute Gasteiger partial charge is 0.466 e. The molecule has 0 bridgehead atoms. The molecule has 0 aliphatic heterocycles. The van der Waals surface area contributed by atoms with E-state index in [0.717, 1.165) is 12.8 Å². The Morgan fingerprint density at radius 2 is 0.449 bits per heavy atom. The molecule has 0 unspecified atom stereocenters. The number of ether oxygens (including phenoxy) is 1. The molecule has 0 N–H and O–H groups in total. The molecule has 0 saturated heterocycles. The Bertz CT molecular complexity index is 587. The highest BCUT2D eigenvalue weighted by molar-refractivity contribution is 5.69. The first kappa shape index (κ1) is 48.5. The number of unbranched alkanes of at least 4 members (excludes halogenated alkanes) is 40. The van der Waals surface area contributed by atoms with E-state index in [1.165, 1.54) is 257 Å². The van der Waals surface area contributed by atoms with Crippen molar-refractivity contribution in [2.75, 3.05) is 6.61 Å². The van der Waals surface area contributed by atoms with E-state index in [4.69, 9.17) is 4.74 Å². The number of carbonyl (C=O) groups is 1. The Morgan fingerprint density at radius 1 is 0.265 bits per heavy atom. The molecule has 0 fully saturated rings. The second kappa shape index (κ2) is 45.5. The van der Waals surface area contributed by atoms with E-state index >= 15 is 0 Å². The minimum absolute atomic E-state index is 0.0331. The third kappa shape index (κ3) is 45.4. The van der Waals surface area contributed by atoms with Gasteiger partial charge in [-0.2, -0.15) is 0 Å². The molecular formula is C47H94O2. The lowest BCUT2D eigenvalue weighted by atomic mass is 10.0. The Kier molecular flexibility index (Phi) is 45.0. The Labute approximate surface area is 311 Å². The van der Waals surface area contributed by atoms with Gasteiger partial charge >= 0.3 is 5.97 Å². The molecule has 0 amide bonds. The molecule has 0 atom stereocenters. The molecule has 0 heterocycles. The molecule has 0 aliphatic carbocycles. The van der Waals surface area contributed by atoms with Crippen LogP contribution in [0.3, 0.4) is 0 Å². The number of carbonyl (C=O) groups excluding carboxylic acids is 1. The van der Waals surface area contributed by atoms with Crippen molar-refractivity contribution >= 4 is 5.97 Å². The summed E-state index contributed by atoms with van der Waals surface area (Å²) >= 11 is 0. The van der Waals surface area contributed by atoms with Gasteiger partial charge in [-0.15, -0.1) is 0 Å². The monoisotopic (exact) mass is 691 g/mol. The summed E-state index contributed by atoms with van der Waals surface area (Å²) in [7, 11) is 0. The van der Waals surface area contributed by atoms with E-state index in [0.29, 0.717) is 13.0 Å². The van der Waals surface area contributed by atoms with Gasteiger partial charge in [-0.05, 0) is 12.8 Å². The molecular weight excluding hydrogens is 597 g/mol. The van der Waals surface area contributed by atoms with Crippen LogP contribution in [0.25, 0.3) is 0 Å². The van der Waals surface area contributed by atoms with E-state index < -0.39 is 0 Å². The molecule has 49 heavy (non-hydrogen) atoms. The minimum Gasteiger partial charge on any atom is -0.466 e. The second-order valence-electron chi connectivity index (χ2n) is 16.1. The number of hydrogen-bond acceptors (Lipinski definition) is 2. The summed E-state index contributed by atoms with van der Waals surface area (Å²) in [4.78, 5) is 12.0. The van der Waals surface area contributed by atoms with Crippen molar-refractivity contribution in [3.63, 3.8) is 0 Å². The van der Waals surface area contributed by atoms with Gasteiger partial charge in [0, 0.05) is 6.42 Å². The zero-order chi connectivity index (χ0) is 35.4. The van der Waals surface area contributed by atoms with Crippen LogP contribution >= 0.6 is 0 Å². The Balaban J connectivity index is 3.14. The van der Waals surface area contributed by atoms with Gasteiger partial charge in [0.05, 0.1) is 6.61 Å². The molecule has 0 aromatic rings. The van der Waals surface area contributed by atoms with Crippen LogP contribution < -0.4 is 0 Å². The number of rotatable bonds is 44. The van der Waals surface area contributed by atoms with Crippen molar-refractivity contribution in [2.45, 2.75) is 290 Å². The van der Waals surface area contributed by atoms with Crippen LogP contribution in [0.15, 0.2) is 0 Å². The van der Waals surface area contributed by atoms with Crippen LogP contribution in [0.2, 0.25) is 0 Å². The number of hydrogen-bond donors (Lipinski definition) is 0. The van der Waals surface area contributed by atoms with Gasteiger partial charge in [0.15, 0.2) is 0 Å². The van der Waals surface area contributed by atoms with E-state index in [-0.39, 0.29) is 5.97 Å². The zero-order valence-corrected chi connectivity index (χ0v) is 34.4. The average Bonchev–Trinajstić information content (AvgIpc) is 3.11. The van der Waals surface area contributed by atoms with Crippen LogP contribution in [-0.2, 0) is 9.53 Å². The van der Waals surface area contributed by atoms with E-state index in [9.17, 15) is 4.79 Å². The predicted octanol–water partition coefficient (Wildman–Crippen LogP) is 17.3. The lowest BCUT2D eigenvalue weighted by Crippen LogP contribution is -2.05. The lowest BCUT2D eigenvalue weighted by molar-refractivity contribution is -0.143. The summed E-state index contributed by atoms with van der Waals surface area (Å²) in [6.07, 6.45) is 59.4. The average molecular weight is 691 g/mol. The Morgan fingerprint density at radius 3 is 0.673 bits per heavy atom. The normalized spacial score (nSPS) is 11.5. The van der Waals surface area contributed by atoms with Crippen molar-refractivity contribution in [3.05, 3.63) is 0 Å². The van der Waals surface area contributed by atoms with E-state index in [1.54, 1.807) is 0 Å². The first-order valence-electron chi connectivity index (χ1n) is 23.5. The third-order valence-corrected chi connectivity index (χ3v) is 11.0. The quantitative estimate of drug-likeness (QED) is 0.0470. The highest BCUT2D eigenvalue weighted by Gasteiger charge is 2.03. The fourth-order valence-corrected chi connectivity index (χ4v) is 7.49. The molecule has 2 nitrogen and oxygen atoms in total. The van der Waals surface area contributed by atoms with Crippen molar-refractivity contribution in [3.8, 4) is 0 Å². The zero-order valence-electron chi connectivity index (χ0n) is 34.4. The van der Waals surface area contributed by atoms with Gasteiger partial charge in [-0.3, -0.25) is 4.79 Å². The van der Waals surface area contributed by atoms with Crippen molar-refractivity contribution in [2.24, 2.45) is 0 Å². The first-order valence-corrected chi connectivity index (χ1v) is 23.5. The maximum Gasteiger partial charge on any atom is 0.305 e. The van der Waals surface area contributed by atoms with Gasteiger partial charge in [-0.25, -0.2) is 0 Å². The van der Waals surface area contributed by atoms with Crippen LogP contribution in [0.1, 0.15) is 290 Å². The lowest BCUT2D eigenvalue weighted by Gasteiger charge is -2.06. The summed E-state index contributed by atoms with van der Waals surface area (Å²) < 4.78 is 5.48. The standard InChI is InChI=1S/C47H94O2/c1-3-5-7-9-11-13-15-17-19-21-23-24-25-26-27-28-29-31-33-35-37-39-41-43-45-47(48)49-46-44-42-40-38-36-34-32-30-22-20-18-16-14-12-10-8-6-4-2/h3-46H2,1-2H3. The van der Waals surface area contributed by atoms with Crippen molar-refractivity contribution in [1.82, 2.24) is 0 Å². The molecule has 294 valence electrons. The highest BCUT2D eigenvalue weighted by Crippen LogP contribution is 2.17. The first-order chi connectivity index (χ1) is 24.3. The van der Waals surface area contributed by atoms with E-state index in [2.05, 4.69) is 13.8 Å². The smallest absolute Gasteiger partial charge is 0.305 e. The second-order valence-corrected chi connectivity index (χ2v) is 16.1. The number of esters is 1. The fourth-order valence-electron chi connectivity index (χ4n) is 7.49. The molecule has 0 aromatic heterocycles. The molecule has 0 spiro atoms. The SMILES string of the molecule is CCCCCCCCCCCCCCCCCCCCCCCCCCC(=O)OCCCCCCCCCCCCCCCCCCCC. The molecule has 0 saturated carbocycles. The van der Waals surface area contributed by atoms with Crippen molar-refractivity contribution in [1.29, 1.82) is 0 Å². The molecule has 2 heteroatoms. The molecule has 0 aromatic carbocycles. The van der Waals surface area contributed by atoms with Gasteiger partial charge < -0.3 is 4.74 Å². The van der Waals surface area contributed by atoms with Crippen LogP contribution in [0, 0.1) is 0 Å². The van der Waals surface area contributed by atoms with Crippen LogP contribution in [0.5, 0.6) is 0 Å². The molecule has 0 rings (SSSR count). The summed E-state index contributed by atoms with van der Waals surface area (Å²) in [5.41, 5.74) is 0. The topological polar surface area (TPSA) is 26.3 Å². The minimum atomic E-state index is 0.0331. The van der Waals surface area contributed by atoms with Gasteiger partial charge in [0.1, 0.15) is 0 Å². The predicted molar refractivity (Wildman–Crippen MR) is 221 cm³/mol. The molecule has 0 radical (unpaired) electrons. The van der Waals surface area contributed by atoms with E-state index in [1.807, 2.05) is 0 Å². The van der Waals surface area contributed by atoms with Gasteiger partial charge in [0.25, 0.3) is 0 Å². The summed E-state index contributed by atoms with van der Waals surface area (Å²) in [6.45, 7) is 5.24. The summed E-state index contributed by atoms with van der Waals surface area (Å²) in [5, 5.41) is 0. The fraction of sp³-hybridized carbons (Fsp3) is 0.979.